The minimum absolute atomic E-state index is 0.496. The number of anilines is 1. The number of rotatable bonds is 5. The summed E-state index contributed by atoms with van der Waals surface area (Å²) in [5, 5.41) is 0. The number of nitrogens with two attached hydrogens (primary N) is 1. The molecule has 0 fully saturated rings. The van der Waals surface area contributed by atoms with Crippen molar-refractivity contribution in [1.82, 2.24) is 9.97 Å². The largest absolute Gasteiger partial charge is 0.477 e. The highest BCUT2D eigenvalue weighted by molar-refractivity contribution is 5.44. The Labute approximate surface area is 90.2 Å². The number of hydrogen-bond donors (Lipinski definition) is 1. The Hall–Kier alpha value is -1.58. The lowest BCUT2D eigenvalue weighted by molar-refractivity contribution is 0.308. The van der Waals surface area contributed by atoms with Crippen LogP contribution in [0.5, 0.6) is 5.88 Å². The van der Waals surface area contributed by atoms with Crippen molar-refractivity contribution in [1.29, 1.82) is 0 Å². The van der Waals surface area contributed by atoms with Gasteiger partial charge in [-0.15, -0.1) is 6.58 Å². The van der Waals surface area contributed by atoms with Crippen molar-refractivity contribution in [3.8, 4) is 5.88 Å². The van der Waals surface area contributed by atoms with E-state index in [1.165, 1.54) is 0 Å². The van der Waals surface area contributed by atoms with Crippen LogP contribution in [0.4, 0.5) is 5.82 Å². The van der Waals surface area contributed by atoms with Gasteiger partial charge >= 0.3 is 0 Å². The molecule has 0 aliphatic heterocycles. The topological polar surface area (TPSA) is 61.0 Å². The van der Waals surface area contributed by atoms with Crippen LogP contribution in [0.2, 0.25) is 0 Å². The second kappa shape index (κ2) is 5.34. The van der Waals surface area contributed by atoms with Crippen LogP contribution < -0.4 is 10.5 Å². The highest BCUT2D eigenvalue weighted by atomic mass is 16.5. The second-order valence-corrected chi connectivity index (χ2v) is 3.23. The van der Waals surface area contributed by atoms with E-state index in [0.717, 1.165) is 18.4 Å². The van der Waals surface area contributed by atoms with Crippen LogP contribution in [0.15, 0.2) is 12.7 Å². The van der Waals surface area contributed by atoms with E-state index in [-0.39, 0.29) is 0 Å². The van der Waals surface area contributed by atoms with Gasteiger partial charge in [0.25, 0.3) is 0 Å². The van der Waals surface area contributed by atoms with Crippen molar-refractivity contribution in [3.63, 3.8) is 0 Å². The SMILES string of the molecule is C=CCCOc1nc(CC)nc(N)c1C. The molecule has 1 rings (SSSR count). The Morgan fingerprint density at radius 1 is 1.47 bits per heavy atom. The summed E-state index contributed by atoms with van der Waals surface area (Å²) in [6.07, 6.45) is 3.35. The summed E-state index contributed by atoms with van der Waals surface area (Å²) in [4.78, 5) is 8.42. The third-order valence-corrected chi connectivity index (χ3v) is 2.06. The van der Waals surface area contributed by atoms with Gasteiger partial charge in [0.05, 0.1) is 12.2 Å². The van der Waals surface area contributed by atoms with Crippen molar-refractivity contribution >= 4 is 5.82 Å². The van der Waals surface area contributed by atoms with Crippen LogP contribution in [0.1, 0.15) is 24.7 Å². The molecule has 15 heavy (non-hydrogen) atoms. The lowest BCUT2D eigenvalue weighted by Crippen LogP contribution is -2.07. The Morgan fingerprint density at radius 3 is 2.80 bits per heavy atom. The first-order valence-corrected chi connectivity index (χ1v) is 5.05. The zero-order valence-corrected chi connectivity index (χ0v) is 9.29. The molecule has 4 heteroatoms. The van der Waals surface area contributed by atoms with Crippen molar-refractivity contribution < 1.29 is 4.74 Å². The third kappa shape index (κ3) is 2.94. The van der Waals surface area contributed by atoms with Crippen LogP contribution in [-0.2, 0) is 6.42 Å². The first-order valence-electron chi connectivity index (χ1n) is 5.05. The molecule has 0 radical (unpaired) electrons. The van der Waals surface area contributed by atoms with Crippen molar-refractivity contribution in [2.24, 2.45) is 0 Å². The minimum Gasteiger partial charge on any atom is -0.477 e. The highest BCUT2D eigenvalue weighted by Gasteiger charge is 2.08. The molecule has 1 aromatic heterocycles. The molecule has 1 heterocycles. The Bertz CT molecular complexity index is 350. The number of nitrogens with zero attached hydrogens (tertiary/aromatic N) is 2. The lowest BCUT2D eigenvalue weighted by Gasteiger charge is -2.09. The average molecular weight is 207 g/mol. The minimum atomic E-state index is 0.496. The molecular formula is C11H17N3O. The van der Waals surface area contributed by atoms with Gasteiger partial charge in [-0.2, -0.15) is 4.98 Å². The Balaban J connectivity index is 2.84. The van der Waals surface area contributed by atoms with Gasteiger partial charge in [0, 0.05) is 6.42 Å². The summed E-state index contributed by atoms with van der Waals surface area (Å²) in [5.41, 5.74) is 6.55. The zero-order valence-electron chi connectivity index (χ0n) is 9.29. The van der Waals surface area contributed by atoms with E-state index in [1.54, 1.807) is 6.08 Å². The van der Waals surface area contributed by atoms with E-state index in [9.17, 15) is 0 Å². The summed E-state index contributed by atoms with van der Waals surface area (Å²) < 4.78 is 5.50. The van der Waals surface area contributed by atoms with Crippen LogP contribution in [0.25, 0.3) is 0 Å². The van der Waals surface area contributed by atoms with E-state index < -0.39 is 0 Å². The fourth-order valence-electron chi connectivity index (χ4n) is 1.10. The van der Waals surface area contributed by atoms with Crippen LogP contribution >= 0.6 is 0 Å². The van der Waals surface area contributed by atoms with Gasteiger partial charge in [-0.05, 0) is 13.3 Å². The maximum Gasteiger partial charge on any atom is 0.221 e. The molecular weight excluding hydrogens is 190 g/mol. The summed E-state index contributed by atoms with van der Waals surface area (Å²) >= 11 is 0. The molecule has 2 N–H and O–H groups in total. The first-order chi connectivity index (χ1) is 7.19. The molecule has 0 atom stereocenters. The first kappa shape index (κ1) is 11.5. The normalized spacial score (nSPS) is 10.0. The quantitative estimate of drug-likeness (QED) is 0.591. The molecule has 0 aromatic carbocycles. The summed E-state index contributed by atoms with van der Waals surface area (Å²) in [5.74, 6) is 1.79. The molecule has 0 saturated carbocycles. The smallest absolute Gasteiger partial charge is 0.221 e. The average Bonchev–Trinajstić information content (AvgIpc) is 2.24. The van der Waals surface area contributed by atoms with E-state index >= 15 is 0 Å². The molecule has 82 valence electrons. The predicted molar refractivity (Wildman–Crippen MR) is 60.9 cm³/mol. The van der Waals surface area contributed by atoms with Crippen molar-refractivity contribution in [3.05, 3.63) is 24.0 Å². The lowest BCUT2D eigenvalue weighted by atomic mass is 10.3. The molecule has 0 aliphatic rings. The molecule has 0 bridgehead atoms. The molecule has 0 saturated heterocycles. The maximum atomic E-state index is 5.75. The van der Waals surface area contributed by atoms with Crippen LogP contribution in [0, 0.1) is 6.92 Å². The molecule has 0 aliphatic carbocycles. The summed E-state index contributed by atoms with van der Waals surface area (Å²) in [7, 11) is 0. The Morgan fingerprint density at radius 2 is 2.20 bits per heavy atom. The molecule has 0 unspecified atom stereocenters. The second-order valence-electron chi connectivity index (χ2n) is 3.23. The van der Waals surface area contributed by atoms with E-state index in [2.05, 4.69) is 16.5 Å². The van der Waals surface area contributed by atoms with Crippen molar-refractivity contribution in [2.45, 2.75) is 26.7 Å². The highest BCUT2D eigenvalue weighted by Crippen LogP contribution is 2.19. The number of hydrogen-bond acceptors (Lipinski definition) is 4. The molecule has 0 spiro atoms. The number of aromatic nitrogens is 2. The fraction of sp³-hybridized carbons (Fsp3) is 0.455. The van der Waals surface area contributed by atoms with Gasteiger partial charge in [-0.1, -0.05) is 13.0 Å². The van der Waals surface area contributed by atoms with Crippen LogP contribution in [-0.4, -0.2) is 16.6 Å². The van der Waals surface area contributed by atoms with E-state index in [4.69, 9.17) is 10.5 Å². The van der Waals surface area contributed by atoms with Gasteiger partial charge in [0.2, 0.25) is 5.88 Å². The standard InChI is InChI=1S/C11H17N3O/c1-4-6-7-15-11-8(3)10(12)13-9(5-2)14-11/h4H,1,5-7H2,2-3H3,(H2,12,13,14). The number of aryl methyl sites for hydroxylation is 1. The maximum absolute atomic E-state index is 5.75. The monoisotopic (exact) mass is 207 g/mol. The summed E-state index contributed by atoms with van der Waals surface area (Å²) in [6, 6.07) is 0. The Kier molecular flexibility index (Phi) is 4.09. The van der Waals surface area contributed by atoms with Gasteiger partial charge < -0.3 is 10.5 Å². The molecule has 4 nitrogen and oxygen atoms in total. The van der Waals surface area contributed by atoms with E-state index in [0.29, 0.717) is 24.1 Å². The van der Waals surface area contributed by atoms with Crippen LogP contribution in [0.3, 0.4) is 0 Å². The fourth-order valence-corrected chi connectivity index (χ4v) is 1.10. The van der Waals surface area contributed by atoms with Gasteiger partial charge in [0.15, 0.2) is 0 Å². The van der Waals surface area contributed by atoms with Gasteiger partial charge in [-0.3, -0.25) is 0 Å². The number of ether oxygens (including phenoxy) is 1. The predicted octanol–water partition coefficient (Wildman–Crippen LogP) is 1.88. The van der Waals surface area contributed by atoms with Gasteiger partial charge in [0.1, 0.15) is 11.6 Å². The van der Waals surface area contributed by atoms with E-state index in [1.807, 2.05) is 13.8 Å². The molecule has 0 amide bonds. The number of nitrogen functional groups attached to an aromatic ring is 1. The summed E-state index contributed by atoms with van der Waals surface area (Å²) in [6.45, 7) is 8.04. The van der Waals surface area contributed by atoms with Gasteiger partial charge in [-0.25, -0.2) is 4.98 Å². The third-order valence-electron chi connectivity index (χ3n) is 2.06. The zero-order chi connectivity index (χ0) is 11.3. The van der Waals surface area contributed by atoms with Crippen molar-refractivity contribution in [2.75, 3.05) is 12.3 Å². The molecule has 1 aromatic rings.